The molecule has 2 aliphatic heterocycles. The van der Waals surface area contributed by atoms with E-state index in [1.165, 1.54) is 0 Å². The van der Waals surface area contributed by atoms with Gasteiger partial charge in [-0.1, -0.05) is 6.07 Å². The first-order valence-corrected chi connectivity index (χ1v) is 6.77. The lowest BCUT2D eigenvalue weighted by Crippen LogP contribution is -2.39. The molecule has 1 aromatic carbocycles. The van der Waals surface area contributed by atoms with Gasteiger partial charge in [-0.15, -0.1) is 0 Å². The number of amides is 1. The summed E-state index contributed by atoms with van der Waals surface area (Å²) < 4.78 is 16.2. The lowest BCUT2D eigenvalue weighted by Gasteiger charge is -2.25. The van der Waals surface area contributed by atoms with E-state index in [2.05, 4.69) is 0 Å². The van der Waals surface area contributed by atoms with Gasteiger partial charge < -0.3 is 19.1 Å². The molecular formula is C15H17NO4. The zero-order valence-corrected chi connectivity index (χ0v) is 11.2. The van der Waals surface area contributed by atoms with Gasteiger partial charge in [-0.2, -0.15) is 0 Å². The van der Waals surface area contributed by atoms with Crippen molar-refractivity contribution >= 4 is 12.0 Å². The molecule has 106 valence electrons. The monoisotopic (exact) mass is 275 g/mol. The van der Waals surface area contributed by atoms with Crippen LogP contribution in [0.15, 0.2) is 24.3 Å². The Balaban J connectivity index is 1.67. The second kappa shape index (κ2) is 5.96. The molecule has 0 unspecified atom stereocenters. The Hall–Kier alpha value is -2.01. The van der Waals surface area contributed by atoms with Crippen molar-refractivity contribution in [3.8, 4) is 11.5 Å². The van der Waals surface area contributed by atoms with Crippen LogP contribution in [-0.4, -0.2) is 50.3 Å². The topological polar surface area (TPSA) is 48.0 Å². The SMILES string of the molecule is O=C(C=Cc1ccc2c(c1)OCCO2)N1CCOCC1. The molecule has 1 saturated heterocycles. The summed E-state index contributed by atoms with van der Waals surface area (Å²) in [6.07, 6.45) is 3.40. The number of morpholine rings is 1. The highest BCUT2D eigenvalue weighted by Crippen LogP contribution is 2.31. The summed E-state index contributed by atoms with van der Waals surface area (Å²) in [6.45, 7) is 3.69. The molecule has 3 rings (SSSR count). The van der Waals surface area contributed by atoms with E-state index in [0.29, 0.717) is 39.5 Å². The summed E-state index contributed by atoms with van der Waals surface area (Å²) in [5.74, 6) is 1.51. The fraction of sp³-hybridized carbons (Fsp3) is 0.400. The molecule has 1 aromatic rings. The van der Waals surface area contributed by atoms with E-state index in [1.54, 1.807) is 17.1 Å². The molecule has 0 N–H and O–H groups in total. The van der Waals surface area contributed by atoms with Gasteiger partial charge in [-0.25, -0.2) is 0 Å². The van der Waals surface area contributed by atoms with Crippen LogP contribution >= 0.6 is 0 Å². The highest BCUT2D eigenvalue weighted by Gasteiger charge is 2.14. The quantitative estimate of drug-likeness (QED) is 0.764. The third-order valence-corrected chi connectivity index (χ3v) is 3.31. The number of fused-ring (bicyclic) bond motifs is 1. The largest absolute Gasteiger partial charge is 0.486 e. The zero-order chi connectivity index (χ0) is 13.8. The first-order chi connectivity index (χ1) is 9.83. The van der Waals surface area contributed by atoms with Crippen LogP contribution in [0.3, 0.4) is 0 Å². The Kier molecular flexibility index (Phi) is 3.87. The number of hydrogen-bond acceptors (Lipinski definition) is 4. The van der Waals surface area contributed by atoms with Gasteiger partial charge in [0.25, 0.3) is 0 Å². The Labute approximate surface area is 117 Å². The maximum Gasteiger partial charge on any atom is 0.246 e. The van der Waals surface area contributed by atoms with Crippen molar-refractivity contribution in [2.24, 2.45) is 0 Å². The molecule has 0 atom stereocenters. The van der Waals surface area contributed by atoms with Crippen LogP contribution in [0, 0.1) is 0 Å². The first kappa shape index (κ1) is 13.0. The lowest BCUT2D eigenvalue weighted by atomic mass is 10.1. The Morgan fingerprint density at radius 1 is 1.05 bits per heavy atom. The minimum absolute atomic E-state index is 0.0168. The molecule has 0 radical (unpaired) electrons. The predicted molar refractivity (Wildman–Crippen MR) is 73.9 cm³/mol. The molecule has 5 nitrogen and oxygen atoms in total. The molecule has 1 amide bonds. The van der Waals surface area contributed by atoms with E-state index in [0.717, 1.165) is 17.1 Å². The third kappa shape index (κ3) is 2.93. The minimum atomic E-state index is 0.0168. The van der Waals surface area contributed by atoms with Gasteiger partial charge >= 0.3 is 0 Å². The van der Waals surface area contributed by atoms with Gasteiger partial charge in [0.15, 0.2) is 11.5 Å². The van der Waals surface area contributed by atoms with E-state index >= 15 is 0 Å². The van der Waals surface area contributed by atoms with E-state index in [-0.39, 0.29) is 5.91 Å². The second-order valence-corrected chi connectivity index (χ2v) is 4.67. The molecule has 20 heavy (non-hydrogen) atoms. The summed E-state index contributed by atoms with van der Waals surface area (Å²) in [5, 5.41) is 0. The highest BCUT2D eigenvalue weighted by atomic mass is 16.6. The van der Waals surface area contributed by atoms with Gasteiger partial charge in [0.2, 0.25) is 5.91 Å². The van der Waals surface area contributed by atoms with Gasteiger partial charge in [-0.3, -0.25) is 4.79 Å². The number of ether oxygens (including phenoxy) is 3. The van der Waals surface area contributed by atoms with Crippen LogP contribution < -0.4 is 9.47 Å². The lowest BCUT2D eigenvalue weighted by molar-refractivity contribution is -0.129. The summed E-state index contributed by atoms with van der Waals surface area (Å²) in [7, 11) is 0. The standard InChI is InChI=1S/C15H17NO4/c17-15(16-5-7-18-8-6-16)4-2-12-1-3-13-14(11-12)20-10-9-19-13/h1-4,11H,5-10H2. The number of nitrogens with zero attached hydrogens (tertiary/aromatic N) is 1. The van der Waals surface area contributed by atoms with Gasteiger partial charge in [-0.05, 0) is 23.8 Å². The normalized spacial score (nSPS) is 18.3. The molecule has 2 aliphatic rings. The van der Waals surface area contributed by atoms with E-state index < -0.39 is 0 Å². The van der Waals surface area contributed by atoms with Crippen LogP contribution in [-0.2, 0) is 9.53 Å². The average Bonchev–Trinajstić information content (AvgIpc) is 2.53. The average molecular weight is 275 g/mol. The van der Waals surface area contributed by atoms with Crippen LogP contribution in [0.5, 0.6) is 11.5 Å². The van der Waals surface area contributed by atoms with Crippen molar-refractivity contribution in [3.63, 3.8) is 0 Å². The predicted octanol–water partition coefficient (Wildman–Crippen LogP) is 1.33. The first-order valence-electron chi connectivity index (χ1n) is 6.77. The number of carbonyl (C=O) groups excluding carboxylic acids is 1. The molecule has 2 heterocycles. The van der Waals surface area contributed by atoms with Crippen LogP contribution in [0.2, 0.25) is 0 Å². The summed E-state index contributed by atoms with van der Waals surface area (Å²) >= 11 is 0. The van der Waals surface area contributed by atoms with Crippen molar-refractivity contribution in [3.05, 3.63) is 29.8 Å². The smallest absolute Gasteiger partial charge is 0.246 e. The summed E-state index contributed by atoms with van der Waals surface area (Å²) in [6, 6.07) is 5.67. The van der Waals surface area contributed by atoms with Crippen molar-refractivity contribution in [1.82, 2.24) is 4.90 Å². The number of hydrogen-bond donors (Lipinski definition) is 0. The Morgan fingerprint density at radius 3 is 2.60 bits per heavy atom. The van der Waals surface area contributed by atoms with Crippen LogP contribution in [0.1, 0.15) is 5.56 Å². The van der Waals surface area contributed by atoms with Gasteiger partial charge in [0.05, 0.1) is 13.2 Å². The molecule has 0 aromatic heterocycles. The summed E-state index contributed by atoms with van der Waals surface area (Å²) in [4.78, 5) is 13.8. The van der Waals surface area contributed by atoms with E-state index in [1.807, 2.05) is 18.2 Å². The van der Waals surface area contributed by atoms with E-state index in [9.17, 15) is 4.79 Å². The van der Waals surface area contributed by atoms with Crippen molar-refractivity contribution < 1.29 is 19.0 Å². The van der Waals surface area contributed by atoms with Crippen LogP contribution in [0.25, 0.3) is 6.08 Å². The molecule has 5 heteroatoms. The van der Waals surface area contributed by atoms with E-state index in [4.69, 9.17) is 14.2 Å². The van der Waals surface area contributed by atoms with Crippen molar-refractivity contribution in [1.29, 1.82) is 0 Å². The molecular weight excluding hydrogens is 258 g/mol. The van der Waals surface area contributed by atoms with Crippen molar-refractivity contribution in [2.75, 3.05) is 39.5 Å². The zero-order valence-electron chi connectivity index (χ0n) is 11.2. The molecule has 1 fully saturated rings. The minimum Gasteiger partial charge on any atom is -0.486 e. The van der Waals surface area contributed by atoms with Crippen molar-refractivity contribution in [2.45, 2.75) is 0 Å². The Morgan fingerprint density at radius 2 is 1.80 bits per heavy atom. The number of rotatable bonds is 2. The summed E-state index contributed by atoms with van der Waals surface area (Å²) in [5.41, 5.74) is 0.927. The number of benzene rings is 1. The molecule has 0 spiro atoms. The maximum atomic E-state index is 12.0. The highest BCUT2D eigenvalue weighted by molar-refractivity contribution is 5.91. The fourth-order valence-corrected chi connectivity index (χ4v) is 2.22. The third-order valence-electron chi connectivity index (χ3n) is 3.31. The number of carbonyl (C=O) groups is 1. The molecule has 0 bridgehead atoms. The van der Waals surface area contributed by atoms with Gasteiger partial charge in [0, 0.05) is 19.2 Å². The van der Waals surface area contributed by atoms with Crippen LogP contribution in [0.4, 0.5) is 0 Å². The molecule has 0 saturated carbocycles. The Bertz CT molecular complexity index is 521. The van der Waals surface area contributed by atoms with Gasteiger partial charge in [0.1, 0.15) is 13.2 Å². The fourth-order valence-electron chi connectivity index (χ4n) is 2.22. The maximum absolute atomic E-state index is 12.0. The molecule has 0 aliphatic carbocycles. The second-order valence-electron chi connectivity index (χ2n) is 4.67.